The van der Waals surface area contributed by atoms with E-state index < -0.39 is 0 Å². The number of nitrogens with one attached hydrogen (secondary N) is 2. The fourth-order valence-electron chi connectivity index (χ4n) is 2.77. The Labute approximate surface area is 188 Å². The molecular weight excluding hydrogens is 486 g/mol. The van der Waals surface area contributed by atoms with Gasteiger partial charge in [-0.1, -0.05) is 18.2 Å². The monoisotopic (exact) mass is 516 g/mol. The van der Waals surface area contributed by atoms with Crippen molar-refractivity contribution < 1.29 is 9.13 Å². The maximum atomic E-state index is 13.6. The Morgan fingerprint density at radius 3 is 2.62 bits per heavy atom. The van der Waals surface area contributed by atoms with Gasteiger partial charge in [-0.2, -0.15) is 0 Å². The van der Waals surface area contributed by atoms with Crippen molar-refractivity contribution in [3.8, 4) is 5.75 Å². The summed E-state index contributed by atoms with van der Waals surface area (Å²) in [5, 5.41) is 6.41. The van der Waals surface area contributed by atoms with E-state index in [0.29, 0.717) is 19.0 Å². The molecule has 0 amide bonds. The van der Waals surface area contributed by atoms with Gasteiger partial charge in [-0.3, -0.25) is 9.79 Å². The Kier molecular flexibility index (Phi) is 11.3. The molecule has 1 aromatic carbocycles. The molecule has 0 saturated heterocycles. The normalized spacial score (nSPS) is 12.1. The number of unbranched alkanes of at least 4 members (excludes halogenated alkanes) is 1. The Morgan fingerprint density at radius 1 is 1.17 bits per heavy atom. The molecule has 0 aliphatic carbocycles. The standard InChI is InChI=1S/C21H29FN4O2.HI/c1-16-9-8-12-20(27)26(16)14-7-6-13-24-21(23-3)25-15-17(2)28-19-11-5-4-10-18(19)22;/h4-5,8-12,17H,6-7,13-15H2,1-3H3,(H2,23,24,25);1H. The van der Waals surface area contributed by atoms with Crippen molar-refractivity contribution in [2.45, 2.75) is 39.3 Å². The summed E-state index contributed by atoms with van der Waals surface area (Å²) in [6.45, 7) is 5.74. The topological polar surface area (TPSA) is 67.7 Å². The smallest absolute Gasteiger partial charge is 0.250 e. The number of hydrogen-bond acceptors (Lipinski definition) is 3. The van der Waals surface area contributed by atoms with E-state index in [-0.39, 0.29) is 47.2 Å². The van der Waals surface area contributed by atoms with Gasteiger partial charge in [0, 0.05) is 31.9 Å². The van der Waals surface area contributed by atoms with Gasteiger partial charge < -0.3 is 19.9 Å². The van der Waals surface area contributed by atoms with Gasteiger partial charge in [-0.25, -0.2) is 4.39 Å². The summed E-state index contributed by atoms with van der Waals surface area (Å²) in [6.07, 6.45) is 1.58. The molecule has 1 aromatic heterocycles. The predicted octanol–water partition coefficient (Wildman–Crippen LogP) is 3.33. The van der Waals surface area contributed by atoms with Gasteiger partial charge in [0.2, 0.25) is 0 Å². The first-order valence-electron chi connectivity index (χ1n) is 9.53. The molecule has 0 bridgehead atoms. The largest absolute Gasteiger partial charge is 0.486 e. The number of rotatable bonds is 9. The number of aliphatic imine (C=N–C) groups is 1. The predicted molar refractivity (Wildman–Crippen MR) is 126 cm³/mol. The minimum Gasteiger partial charge on any atom is -0.486 e. The molecule has 8 heteroatoms. The van der Waals surface area contributed by atoms with Crippen molar-refractivity contribution in [3.63, 3.8) is 0 Å². The van der Waals surface area contributed by atoms with Crippen molar-refractivity contribution in [3.05, 3.63) is 64.3 Å². The lowest BCUT2D eigenvalue weighted by Gasteiger charge is -2.18. The molecule has 0 aliphatic heterocycles. The molecule has 0 spiro atoms. The van der Waals surface area contributed by atoms with Crippen molar-refractivity contribution in [2.75, 3.05) is 20.1 Å². The van der Waals surface area contributed by atoms with Crippen molar-refractivity contribution in [2.24, 2.45) is 4.99 Å². The van der Waals surface area contributed by atoms with E-state index in [1.54, 1.807) is 41.9 Å². The molecule has 6 nitrogen and oxygen atoms in total. The van der Waals surface area contributed by atoms with Crippen molar-refractivity contribution in [1.82, 2.24) is 15.2 Å². The maximum absolute atomic E-state index is 13.6. The van der Waals surface area contributed by atoms with Gasteiger partial charge in [0.15, 0.2) is 17.5 Å². The maximum Gasteiger partial charge on any atom is 0.250 e. The van der Waals surface area contributed by atoms with E-state index >= 15 is 0 Å². The van der Waals surface area contributed by atoms with Gasteiger partial charge in [0.1, 0.15) is 6.10 Å². The summed E-state index contributed by atoms with van der Waals surface area (Å²) in [5.41, 5.74) is 1.01. The molecule has 2 N–H and O–H groups in total. The zero-order valence-electron chi connectivity index (χ0n) is 17.2. The minimum atomic E-state index is -0.371. The number of benzene rings is 1. The lowest BCUT2D eigenvalue weighted by molar-refractivity contribution is 0.214. The molecule has 0 saturated carbocycles. The summed E-state index contributed by atoms with van der Waals surface area (Å²) >= 11 is 0. The molecule has 0 radical (unpaired) electrons. The second-order valence-electron chi connectivity index (χ2n) is 6.60. The third kappa shape index (κ3) is 8.43. The van der Waals surface area contributed by atoms with Crippen LogP contribution in [0.3, 0.4) is 0 Å². The minimum absolute atomic E-state index is 0. The molecule has 1 unspecified atom stereocenters. The quantitative estimate of drug-likeness (QED) is 0.232. The second kappa shape index (κ2) is 13.2. The molecule has 2 rings (SSSR count). The first kappa shape index (κ1) is 24.9. The van der Waals surface area contributed by atoms with Gasteiger partial charge in [0.05, 0.1) is 6.54 Å². The SMILES string of the molecule is CN=C(NCCCCn1c(C)cccc1=O)NCC(C)Oc1ccccc1F.I. The van der Waals surface area contributed by atoms with Crippen LogP contribution in [-0.4, -0.2) is 36.8 Å². The van der Waals surface area contributed by atoms with Crippen LogP contribution in [0.1, 0.15) is 25.5 Å². The Hall–Kier alpha value is -2.10. The summed E-state index contributed by atoms with van der Waals surface area (Å²) < 4.78 is 21.0. The second-order valence-corrected chi connectivity index (χ2v) is 6.60. The number of para-hydroxylation sites is 1. The summed E-state index contributed by atoms with van der Waals surface area (Å²) in [7, 11) is 1.70. The van der Waals surface area contributed by atoms with Gasteiger partial charge in [-0.05, 0) is 44.9 Å². The van der Waals surface area contributed by atoms with E-state index in [4.69, 9.17) is 4.74 Å². The van der Waals surface area contributed by atoms with Crippen LogP contribution in [-0.2, 0) is 6.54 Å². The molecule has 29 heavy (non-hydrogen) atoms. The van der Waals surface area contributed by atoms with Crippen LogP contribution >= 0.6 is 24.0 Å². The highest BCUT2D eigenvalue weighted by Gasteiger charge is 2.08. The van der Waals surface area contributed by atoms with Crippen LogP contribution in [0.25, 0.3) is 0 Å². The fourth-order valence-corrected chi connectivity index (χ4v) is 2.77. The van der Waals surface area contributed by atoms with E-state index in [2.05, 4.69) is 15.6 Å². The molecule has 1 heterocycles. The van der Waals surface area contributed by atoms with E-state index in [9.17, 15) is 9.18 Å². The summed E-state index contributed by atoms with van der Waals surface area (Å²) in [5.74, 6) is 0.535. The Morgan fingerprint density at radius 2 is 1.93 bits per heavy atom. The molecule has 1 atom stereocenters. The third-order valence-electron chi connectivity index (χ3n) is 4.31. The first-order valence-corrected chi connectivity index (χ1v) is 9.53. The van der Waals surface area contributed by atoms with Gasteiger partial charge >= 0.3 is 0 Å². The zero-order valence-corrected chi connectivity index (χ0v) is 19.5. The number of ether oxygens (including phenoxy) is 1. The van der Waals surface area contributed by atoms with Crippen LogP contribution < -0.4 is 20.9 Å². The average molecular weight is 516 g/mol. The summed E-state index contributed by atoms with van der Waals surface area (Å²) in [6, 6.07) is 11.7. The van der Waals surface area contributed by atoms with Crippen LogP contribution in [0.5, 0.6) is 5.75 Å². The molecule has 2 aromatic rings. The number of nitrogens with zero attached hydrogens (tertiary/aromatic N) is 2. The Balaban J connectivity index is 0.00000420. The average Bonchev–Trinajstić information content (AvgIpc) is 2.67. The number of aryl methyl sites for hydroxylation is 1. The van der Waals surface area contributed by atoms with E-state index in [1.807, 2.05) is 19.9 Å². The number of hydrogen-bond donors (Lipinski definition) is 2. The van der Waals surface area contributed by atoms with Crippen LogP contribution in [0.2, 0.25) is 0 Å². The van der Waals surface area contributed by atoms with Crippen LogP contribution in [0.15, 0.2) is 52.3 Å². The lowest BCUT2D eigenvalue weighted by atomic mass is 10.3. The van der Waals surface area contributed by atoms with Gasteiger partial charge in [-0.15, -0.1) is 24.0 Å². The highest BCUT2D eigenvalue weighted by Crippen LogP contribution is 2.16. The van der Waals surface area contributed by atoms with E-state index in [0.717, 1.165) is 25.1 Å². The fraction of sp³-hybridized carbons (Fsp3) is 0.429. The molecule has 0 fully saturated rings. The third-order valence-corrected chi connectivity index (χ3v) is 4.31. The van der Waals surface area contributed by atoms with Crippen LogP contribution in [0, 0.1) is 12.7 Å². The molecule has 160 valence electrons. The number of guanidine groups is 1. The first-order chi connectivity index (χ1) is 13.5. The molecule has 0 aliphatic rings. The van der Waals surface area contributed by atoms with Crippen molar-refractivity contribution >= 4 is 29.9 Å². The highest BCUT2D eigenvalue weighted by atomic mass is 127. The summed E-state index contributed by atoms with van der Waals surface area (Å²) in [4.78, 5) is 16.0. The van der Waals surface area contributed by atoms with Gasteiger partial charge in [0.25, 0.3) is 5.56 Å². The molecular formula is C21H30FIN4O2. The zero-order chi connectivity index (χ0) is 20.4. The number of pyridine rings is 1. The van der Waals surface area contributed by atoms with E-state index in [1.165, 1.54) is 6.07 Å². The lowest BCUT2D eigenvalue weighted by Crippen LogP contribution is -2.42. The highest BCUT2D eigenvalue weighted by molar-refractivity contribution is 14.0. The Bertz CT molecular complexity index is 841. The number of halogens is 2. The number of aromatic nitrogens is 1. The van der Waals surface area contributed by atoms with Crippen molar-refractivity contribution in [1.29, 1.82) is 0 Å². The van der Waals surface area contributed by atoms with Crippen LogP contribution in [0.4, 0.5) is 4.39 Å².